The first-order chi connectivity index (χ1) is 10.6. The maximum Gasteiger partial charge on any atom is 0.0669 e. The molecule has 1 fully saturated rings. The normalized spacial score (nSPS) is 19.1. The van der Waals surface area contributed by atoms with Crippen molar-refractivity contribution in [3.8, 4) is 12.1 Å². The number of benzene rings is 1. The molecule has 2 rings (SSSR count). The van der Waals surface area contributed by atoms with Crippen LogP contribution in [0.4, 0.5) is 0 Å². The summed E-state index contributed by atoms with van der Waals surface area (Å²) in [5.41, 5.74) is 1.63. The number of hydrogen-bond donors (Lipinski definition) is 0. The molecule has 0 bridgehead atoms. The minimum atomic E-state index is -0.0170. The third kappa shape index (κ3) is 4.32. The molecular formula is C18H22BrN3. The summed E-state index contributed by atoms with van der Waals surface area (Å²) in [7, 11) is 0. The Morgan fingerprint density at radius 3 is 2.41 bits per heavy atom. The van der Waals surface area contributed by atoms with E-state index in [0.29, 0.717) is 12.8 Å². The summed E-state index contributed by atoms with van der Waals surface area (Å²) in [5, 5.41) is 17.9. The Morgan fingerprint density at radius 1 is 1.23 bits per heavy atom. The van der Waals surface area contributed by atoms with Crippen LogP contribution in [-0.4, -0.2) is 24.5 Å². The molecule has 1 atom stereocenters. The van der Waals surface area contributed by atoms with Gasteiger partial charge >= 0.3 is 0 Å². The highest BCUT2D eigenvalue weighted by molar-refractivity contribution is 9.10. The number of nitriles is 2. The maximum atomic E-state index is 9.20. The van der Waals surface area contributed by atoms with Crippen molar-refractivity contribution in [2.45, 2.75) is 38.0 Å². The van der Waals surface area contributed by atoms with Crippen LogP contribution in [0.2, 0.25) is 0 Å². The molecule has 0 spiro atoms. The zero-order chi connectivity index (χ0) is 16.0. The predicted octanol–water partition coefficient (Wildman–Crippen LogP) is 4.25. The molecule has 0 saturated carbocycles. The van der Waals surface area contributed by atoms with Crippen molar-refractivity contribution >= 4 is 15.9 Å². The van der Waals surface area contributed by atoms with E-state index >= 15 is 0 Å². The van der Waals surface area contributed by atoms with Gasteiger partial charge in [0.15, 0.2) is 0 Å². The highest BCUT2D eigenvalue weighted by Crippen LogP contribution is 2.35. The van der Waals surface area contributed by atoms with Crippen LogP contribution >= 0.6 is 15.9 Å². The topological polar surface area (TPSA) is 50.8 Å². The van der Waals surface area contributed by atoms with E-state index < -0.39 is 0 Å². The Hall–Kier alpha value is -1.36. The number of hydrogen-bond acceptors (Lipinski definition) is 3. The fraction of sp³-hybridized carbons (Fsp3) is 0.556. The molecule has 1 saturated heterocycles. The van der Waals surface area contributed by atoms with Gasteiger partial charge in [-0.3, -0.25) is 0 Å². The Labute approximate surface area is 141 Å². The van der Waals surface area contributed by atoms with E-state index in [1.165, 1.54) is 5.56 Å². The van der Waals surface area contributed by atoms with E-state index in [4.69, 9.17) is 5.26 Å². The largest absolute Gasteiger partial charge is 0.302 e. The number of rotatable bonds is 5. The molecule has 0 aromatic heterocycles. The average Bonchev–Trinajstić information content (AvgIpc) is 2.54. The van der Waals surface area contributed by atoms with Gasteiger partial charge in [-0.15, -0.1) is 0 Å². The molecule has 4 heteroatoms. The lowest BCUT2D eigenvalue weighted by Gasteiger charge is -2.40. The lowest BCUT2D eigenvalue weighted by Crippen LogP contribution is -2.42. The van der Waals surface area contributed by atoms with Gasteiger partial charge in [-0.2, -0.15) is 10.5 Å². The van der Waals surface area contributed by atoms with Gasteiger partial charge in [-0.25, -0.2) is 0 Å². The summed E-state index contributed by atoms with van der Waals surface area (Å²) in [6.07, 6.45) is 3.40. The van der Waals surface area contributed by atoms with Gasteiger partial charge < -0.3 is 4.90 Å². The zero-order valence-electron chi connectivity index (χ0n) is 13.1. The summed E-state index contributed by atoms with van der Waals surface area (Å²) in [6.45, 7) is 5.19. The van der Waals surface area contributed by atoms with Gasteiger partial charge in [0, 0.05) is 17.4 Å². The van der Waals surface area contributed by atoms with Crippen LogP contribution in [0, 0.1) is 28.6 Å². The van der Waals surface area contributed by atoms with Crippen LogP contribution in [0.5, 0.6) is 0 Å². The van der Waals surface area contributed by atoms with Gasteiger partial charge in [0.05, 0.1) is 18.1 Å². The smallest absolute Gasteiger partial charge is 0.0669 e. The standard InChI is InChI=1S/C18H22BrN3/c1-18(16-4-6-17(19)7-5-16)8-11-22(12-9-18)14-15(13-21)3-2-10-20/h4-7,15H,2-3,8-9,11-12,14H2,1H3. The Kier molecular flexibility index (Phi) is 6.00. The highest BCUT2D eigenvalue weighted by Gasteiger charge is 2.32. The average molecular weight is 360 g/mol. The van der Waals surface area contributed by atoms with Crippen LogP contribution in [0.3, 0.4) is 0 Å². The van der Waals surface area contributed by atoms with Gasteiger partial charge in [0.25, 0.3) is 0 Å². The predicted molar refractivity (Wildman–Crippen MR) is 91.1 cm³/mol. The monoisotopic (exact) mass is 359 g/mol. The highest BCUT2D eigenvalue weighted by atomic mass is 79.9. The third-order valence-corrected chi connectivity index (χ3v) is 5.30. The summed E-state index contributed by atoms with van der Waals surface area (Å²) in [6, 6.07) is 13.1. The van der Waals surface area contributed by atoms with Crippen molar-refractivity contribution in [1.29, 1.82) is 10.5 Å². The first-order valence-corrected chi connectivity index (χ1v) is 8.62. The van der Waals surface area contributed by atoms with Gasteiger partial charge in [0.2, 0.25) is 0 Å². The lowest BCUT2D eigenvalue weighted by molar-refractivity contribution is 0.155. The molecule has 0 radical (unpaired) electrons. The van der Waals surface area contributed by atoms with E-state index in [0.717, 1.165) is 36.9 Å². The molecular weight excluding hydrogens is 338 g/mol. The molecule has 0 N–H and O–H groups in total. The molecule has 1 aromatic rings. The molecule has 116 valence electrons. The van der Waals surface area contributed by atoms with Crippen molar-refractivity contribution in [2.24, 2.45) is 5.92 Å². The van der Waals surface area contributed by atoms with E-state index in [-0.39, 0.29) is 11.3 Å². The number of piperidine rings is 1. The van der Waals surface area contributed by atoms with E-state index in [1.54, 1.807) is 0 Å². The first kappa shape index (κ1) is 17.0. The lowest BCUT2D eigenvalue weighted by atomic mass is 9.74. The summed E-state index contributed by atoms with van der Waals surface area (Å²) < 4.78 is 1.12. The van der Waals surface area contributed by atoms with Crippen LogP contribution in [0.1, 0.15) is 38.2 Å². The Bertz CT molecular complexity index is 559. The van der Waals surface area contributed by atoms with Gasteiger partial charge in [-0.1, -0.05) is 35.0 Å². The van der Waals surface area contributed by atoms with Crippen molar-refractivity contribution in [3.05, 3.63) is 34.3 Å². The summed E-state index contributed by atoms with van der Waals surface area (Å²) >= 11 is 3.49. The van der Waals surface area contributed by atoms with Crippen LogP contribution in [-0.2, 0) is 5.41 Å². The summed E-state index contributed by atoms with van der Waals surface area (Å²) in [5.74, 6) is -0.0170. The molecule has 1 unspecified atom stereocenters. The second kappa shape index (κ2) is 7.77. The fourth-order valence-electron chi connectivity index (χ4n) is 3.12. The number of likely N-dealkylation sites (tertiary alicyclic amines) is 1. The van der Waals surface area contributed by atoms with E-state index in [1.807, 2.05) is 0 Å². The fourth-order valence-corrected chi connectivity index (χ4v) is 3.38. The molecule has 1 aliphatic rings. The SMILES string of the molecule is CC1(c2ccc(Br)cc2)CCN(CC(C#N)CCC#N)CC1. The van der Waals surface area contributed by atoms with Crippen LogP contribution in [0.15, 0.2) is 28.7 Å². The van der Waals surface area contributed by atoms with Crippen molar-refractivity contribution in [3.63, 3.8) is 0 Å². The number of nitrogens with zero attached hydrogens (tertiary/aromatic N) is 3. The van der Waals surface area contributed by atoms with Crippen LogP contribution < -0.4 is 0 Å². The van der Waals surface area contributed by atoms with Crippen molar-refractivity contribution < 1.29 is 0 Å². The van der Waals surface area contributed by atoms with Crippen molar-refractivity contribution in [2.75, 3.05) is 19.6 Å². The molecule has 1 aromatic carbocycles. The molecule has 0 amide bonds. The third-order valence-electron chi connectivity index (χ3n) is 4.77. The maximum absolute atomic E-state index is 9.20. The van der Waals surface area contributed by atoms with Gasteiger partial charge in [0.1, 0.15) is 0 Å². The second-order valence-electron chi connectivity index (χ2n) is 6.39. The Balaban J connectivity index is 1.91. The molecule has 3 nitrogen and oxygen atoms in total. The minimum Gasteiger partial charge on any atom is -0.302 e. The molecule has 1 heterocycles. The van der Waals surface area contributed by atoms with E-state index in [9.17, 15) is 5.26 Å². The number of halogens is 1. The summed E-state index contributed by atoms with van der Waals surface area (Å²) in [4.78, 5) is 2.38. The Morgan fingerprint density at radius 2 is 1.86 bits per heavy atom. The molecule has 0 aliphatic carbocycles. The molecule has 22 heavy (non-hydrogen) atoms. The first-order valence-electron chi connectivity index (χ1n) is 7.82. The van der Waals surface area contributed by atoms with E-state index in [2.05, 4.69) is 64.2 Å². The zero-order valence-corrected chi connectivity index (χ0v) is 14.6. The van der Waals surface area contributed by atoms with Crippen LogP contribution in [0.25, 0.3) is 0 Å². The second-order valence-corrected chi connectivity index (χ2v) is 7.31. The minimum absolute atomic E-state index is 0.0170. The molecule has 1 aliphatic heterocycles. The quantitative estimate of drug-likeness (QED) is 0.789. The van der Waals surface area contributed by atoms with Gasteiger partial charge in [-0.05, 0) is 55.5 Å². The van der Waals surface area contributed by atoms with Crippen molar-refractivity contribution in [1.82, 2.24) is 4.90 Å².